The zero-order chi connectivity index (χ0) is 20.0. The average molecular weight is 424 g/mol. The number of halogens is 1. The van der Waals surface area contributed by atoms with Gasteiger partial charge in [-0.15, -0.1) is 11.3 Å². The number of amides is 2. The molecule has 2 aliphatic rings. The van der Waals surface area contributed by atoms with E-state index in [0.717, 1.165) is 16.1 Å². The summed E-state index contributed by atoms with van der Waals surface area (Å²) in [5, 5.41) is 3.48. The Kier molecular flexibility index (Phi) is 4.41. The molecule has 0 N–H and O–H groups in total. The first kappa shape index (κ1) is 18.3. The minimum Gasteiger partial charge on any atom is -0.310 e. The van der Waals surface area contributed by atoms with Crippen LogP contribution in [0, 0.1) is 0 Å². The Morgan fingerprint density at radius 1 is 1.14 bits per heavy atom. The molecule has 0 aliphatic carbocycles. The first-order chi connectivity index (χ1) is 14.1. The van der Waals surface area contributed by atoms with Crippen LogP contribution >= 0.6 is 22.9 Å². The largest absolute Gasteiger partial charge is 0.310 e. The number of rotatable bonds is 4. The molecule has 1 unspecified atom stereocenters. The first-order valence-electron chi connectivity index (χ1n) is 9.48. The molecule has 3 aromatic rings. The normalized spacial score (nSPS) is 20.1. The average Bonchev–Trinajstić information content (AvgIpc) is 3.44. The fourth-order valence-electron chi connectivity index (χ4n) is 4.51. The van der Waals surface area contributed by atoms with Gasteiger partial charge in [-0.1, -0.05) is 41.9 Å². The van der Waals surface area contributed by atoms with Crippen LogP contribution in [0.2, 0.25) is 5.02 Å². The van der Waals surface area contributed by atoms with Gasteiger partial charge in [0.25, 0.3) is 5.91 Å². The van der Waals surface area contributed by atoms with Crippen LogP contribution in [0.4, 0.5) is 0 Å². The lowest BCUT2D eigenvalue weighted by molar-refractivity contribution is -0.136. The lowest BCUT2D eigenvalue weighted by atomic mass is 9.89. The lowest BCUT2D eigenvalue weighted by Crippen LogP contribution is -2.51. The highest BCUT2D eigenvalue weighted by atomic mass is 35.5. The van der Waals surface area contributed by atoms with E-state index in [1.54, 1.807) is 17.5 Å². The van der Waals surface area contributed by atoms with E-state index < -0.39 is 5.66 Å². The predicted molar refractivity (Wildman–Crippen MR) is 112 cm³/mol. The van der Waals surface area contributed by atoms with E-state index in [1.807, 2.05) is 63.7 Å². The standard InChI is InChI=1S/C22H18ClN3O2S/c23-16-7-5-15(6-8-16)22-18-4-2-1-3-17(18)21(28)26(22)13-12-25(22)20(27)10-9-19-24-11-14-29-19/h1-8,11,14H,9-10,12-13H2. The van der Waals surface area contributed by atoms with Crippen LogP contribution in [-0.4, -0.2) is 39.7 Å². The molecule has 1 atom stereocenters. The Labute approximate surface area is 177 Å². The SMILES string of the molecule is O=C(CCc1nccs1)N1CCN2C(=O)c3ccccc3C12c1ccc(Cl)cc1. The van der Waals surface area contributed by atoms with Gasteiger partial charge < -0.3 is 9.80 Å². The minimum atomic E-state index is -0.918. The first-order valence-corrected chi connectivity index (χ1v) is 10.7. The third-order valence-corrected chi connectivity index (χ3v) is 6.78. The van der Waals surface area contributed by atoms with E-state index >= 15 is 0 Å². The fourth-order valence-corrected chi connectivity index (χ4v) is 5.25. The number of aromatic nitrogens is 1. The molecular formula is C22H18ClN3O2S. The third-order valence-electron chi connectivity index (χ3n) is 5.69. The second-order valence-corrected chi connectivity index (χ2v) is 8.57. The maximum atomic E-state index is 13.4. The van der Waals surface area contributed by atoms with Crippen molar-refractivity contribution in [1.82, 2.24) is 14.8 Å². The van der Waals surface area contributed by atoms with Gasteiger partial charge in [0.2, 0.25) is 5.91 Å². The fraction of sp³-hybridized carbons (Fsp3) is 0.227. The van der Waals surface area contributed by atoms with Crippen molar-refractivity contribution >= 4 is 34.8 Å². The van der Waals surface area contributed by atoms with Crippen molar-refractivity contribution < 1.29 is 9.59 Å². The maximum Gasteiger partial charge on any atom is 0.256 e. The number of carbonyl (C=O) groups is 2. The quantitative estimate of drug-likeness (QED) is 0.639. The summed E-state index contributed by atoms with van der Waals surface area (Å²) in [7, 11) is 0. The zero-order valence-corrected chi connectivity index (χ0v) is 17.1. The summed E-state index contributed by atoms with van der Waals surface area (Å²) >= 11 is 7.68. The van der Waals surface area contributed by atoms with E-state index in [9.17, 15) is 9.59 Å². The van der Waals surface area contributed by atoms with Gasteiger partial charge in [-0.05, 0) is 18.2 Å². The number of thiazole rings is 1. The summed E-state index contributed by atoms with van der Waals surface area (Å²) in [4.78, 5) is 34.5. The van der Waals surface area contributed by atoms with Gasteiger partial charge >= 0.3 is 0 Å². The Balaban J connectivity index is 1.61. The minimum absolute atomic E-state index is 0.0159. The van der Waals surface area contributed by atoms with Crippen LogP contribution in [-0.2, 0) is 16.9 Å². The molecule has 0 radical (unpaired) electrons. The van der Waals surface area contributed by atoms with Crippen molar-refractivity contribution in [3.05, 3.63) is 86.8 Å². The molecule has 1 fully saturated rings. The third kappa shape index (κ3) is 2.70. The molecule has 2 amide bonds. The second-order valence-electron chi connectivity index (χ2n) is 7.15. The molecule has 3 heterocycles. The number of aryl methyl sites for hydroxylation is 1. The van der Waals surface area contributed by atoms with Crippen molar-refractivity contribution in [2.75, 3.05) is 13.1 Å². The molecule has 1 saturated heterocycles. The summed E-state index contributed by atoms with van der Waals surface area (Å²) in [6.45, 7) is 0.999. The van der Waals surface area contributed by atoms with Gasteiger partial charge in [-0.25, -0.2) is 4.98 Å². The Hall–Kier alpha value is -2.70. The van der Waals surface area contributed by atoms with Gasteiger partial charge in [-0.2, -0.15) is 0 Å². The van der Waals surface area contributed by atoms with Gasteiger partial charge in [0, 0.05) is 59.2 Å². The van der Waals surface area contributed by atoms with Crippen LogP contribution < -0.4 is 0 Å². The van der Waals surface area contributed by atoms with Crippen molar-refractivity contribution in [2.45, 2.75) is 18.5 Å². The topological polar surface area (TPSA) is 53.5 Å². The molecule has 29 heavy (non-hydrogen) atoms. The van der Waals surface area contributed by atoms with Gasteiger partial charge in [-0.3, -0.25) is 9.59 Å². The Bertz CT molecular complexity index is 1080. The van der Waals surface area contributed by atoms with E-state index in [1.165, 1.54) is 0 Å². The molecule has 5 rings (SSSR count). The number of hydrogen-bond donors (Lipinski definition) is 0. The molecule has 146 valence electrons. The maximum absolute atomic E-state index is 13.4. The predicted octanol–water partition coefficient (Wildman–Crippen LogP) is 3.93. The van der Waals surface area contributed by atoms with Crippen LogP contribution in [0.25, 0.3) is 0 Å². The summed E-state index contributed by atoms with van der Waals surface area (Å²) in [5.74, 6) is -0.0204. The highest BCUT2D eigenvalue weighted by Crippen LogP contribution is 2.49. The van der Waals surface area contributed by atoms with E-state index in [-0.39, 0.29) is 11.8 Å². The number of hydrogen-bond acceptors (Lipinski definition) is 4. The van der Waals surface area contributed by atoms with Gasteiger partial charge in [0.15, 0.2) is 5.66 Å². The van der Waals surface area contributed by atoms with Crippen LogP contribution in [0.15, 0.2) is 60.1 Å². The summed E-state index contributed by atoms with van der Waals surface area (Å²) < 4.78 is 0. The highest BCUT2D eigenvalue weighted by molar-refractivity contribution is 7.09. The smallest absolute Gasteiger partial charge is 0.256 e. The number of carbonyl (C=O) groups excluding carboxylic acids is 2. The molecule has 0 bridgehead atoms. The van der Waals surface area contributed by atoms with E-state index in [4.69, 9.17) is 11.6 Å². The highest BCUT2D eigenvalue weighted by Gasteiger charge is 2.59. The van der Waals surface area contributed by atoms with Crippen LogP contribution in [0.5, 0.6) is 0 Å². The molecule has 5 nitrogen and oxygen atoms in total. The van der Waals surface area contributed by atoms with Crippen LogP contribution in [0.3, 0.4) is 0 Å². The van der Waals surface area contributed by atoms with Gasteiger partial charge in [0.05, 0.1) is 5.01 Å². The van der Waals surface area contributed by atoms with Gasteiger partial charge in [0.1, 0.15) is 0 Å². The monoisotopic (exact) mass is 423 g/mol. The summed E-state index contributed by atoms with van der Waals surface area (Å²) in [6.07, 6.45) is 2.70. The van der Waals surface area contributed by atoms with Crippen molar-refractivity contribution in [3.63, 3.8) is 0 Å². The lowest BCUT2D eigenvalue weighted by Gasteiger charge is -2.40. The number of fused-ring (bicyclic) bond motifs is 3. The summed E-state index contributed by atoms with van der Waals surface area (Å²) in [5.41, 5.74) is 1.46. The number of nitrogens with zero attached hydrogens (tertiary/aromatic N) is 3. The van der Waals surface area contributed by atoms with Crippen molar-refractivity contribution in [1.29, 1.82) is 0 Å². The molecule has 2 aliphatic heterocycles. The van der Waals surface area contributed by atoms with Crippen molar-refractivity contribution in [3.8, 4) is 0 Å². The number of benzene rings is 2. The summed E-state index contributed by atoms with van der Waals surface area (Å²) in [6, 6.07) is 15.0. The Morgan fingerprint density at radius 2 is 1.93 bits per heavy atom. The van der Waals surface area contributed by atoms with E-state index in [2.05, 4.69) is 4.98 Å². The zero-order valence-electron chi connectivity index (χ0n) is 15.5. The molecule has 1 aromatic heterocycles. The Morgan fingerprint density at radius 3 is 2.69 bits per heavy atom. The molecular weight excluding hydrogens is 406 g/mol. The van der Waals surface area contributed by atoms with E-state index in [0.29, 0.717) is 36.5 Å². The molecule has 0 spiro atoms. The van der Waals surface area contributed by atoms with Crippen LogP contribution in [0.1, 0.15) is 32.9 Å². The molecule has 7 heteroatoms. The molecule has 0 saturated carbocycles. The molecule has 2 aromatic carbocycles. The van der Waals surface area contributed by atoms with Crippen molar-refractivity contribution in [2.24, 2.45) is 0 Å². The second kappa shape index (κ2) is 6.97.